The maximum atomic E-state index is 14.6. The number of halogens is 2. The molecule has 0 unspecified atom stereocenters. The number of ether oxygens (including phenoxy) is 1. The average Bonchev–Trinajstić information content (AvgIpc) is 3.28. The number of fused-ring (bicyclic) bond motifs is 2. The van der Waals surface area contributed by atoms with Crippen molar-refractivity contribution in [1.82, 2.24) is 19.5 Å². The minimum atomic E-state index is -1.59. The number of aliphatic hydroxyl groups is 2. The highest BCUT2D eigenvalue weighted by molar-refractivity contribution is 6.33. The molecule has 0 fully saturated rings. The van der Waals surface area contributed by atoms with E-state index in [2.05, 4.69) is 15.0 Å². The normalized spacial score (nSPS) is 22.8. The van der Waals surface area contributed by atoms with E-state index in [4.69, 9.17) is 27.8 Å². The van der Waals surface area contributed by atoms with Crippen LogP contribution < -0.4 is 16.2 Å². The number of rotatable bonds is 4. The van der Waals surface area contributed by atoms with Crippen LogP contribution in [0.4, 0.5) is 16.0 Å². The van der Waals surface area contributed by atoms with Crippen LogP contribution in [0.1, 0.15) is 13.0 Å². The van der Waals surface area contributed by atoms with Crippen LogP contribution in [0.2, 0.25) is 5.02 Å². The topological polar surface area (TPSA) is 145 Å². The Morgan fingerprint density at radius 1 is 1.21 bits per heavy atom. The Bertz CT molecular complexity index is 1440. The highest BCUT2D eigenvalue weighted by Gasteiger charge is 2.46. The molecule has 6 N–H and O–H groups in total. The number of aromatic nitrogens is 4. The number of nitrogens with two attached hydrogens (primary N) is 2. The molecule has 11 heteroatoms. The summed E-state index contributed by atoms with van der Waals surface area (Å²) in [7, 11) is 0. The molecule has 0 bridgehead atoms. The van der Waals surface area contributed by atoms with Crippen LogP contribution in [0, 0.1) is 5.82 Å². The first kappa shape index (κ1) is 21.4. The molecule has 3 heterocycles. The number of pyridine rings is 1. The molecular weight excluding hydrogens is 451 g/mol. The maximum absolute atomic E-state index is 14.6. The first-order chi connectivity index (χ1) is 15.7. The van der Waals surface area contributed by atoms with Gasteiger partial charge < -0.3 is 31.0 Å². The van der Waals surface area contributed by atoms with Gasteiger partial charge in [0.25, 0.3) is 0 Å². The number of aliphatic hydroxyl groups excluding tert-OH is 1. The van der Waals surface area contributed by atoms with Gasteiger partial charge in [0.2, 0.25) is 0 Å². The molecule has 9 nitrogen and oxygen atoms in total. The zero-order valence-electron chi connectivity index (χ0n) is 17.4. The maximum Gasteiger partial charge on any atom is 0.146 e. The highest BCUT2D eigenvalue weighted by Crippen LogP contribution is 2.39. The predicted molar refractivity (Wildman–Crippen MR) is 122 cm³/mol. The zero-order valence-corrected chi connectivity index (χ0v) is 18.2. The summed E-state index contributed by atoms with van der Waals surface area (Å²) in [4.78, 5) is 12.3. The first-order valence-corrected chi connectivity index (χ1v) is 10.4. The smallest absolute Gasteiger partial charge is 0.146 e. The molecule has 5 rings (SSSR count). The summed E-state index contributed by atoms with van der Waals surface area (Å²) >= 11 is 5.93. The van der Waals surface area contributed by atoms with Crippen molar-refractivity contribution < 1.29 is 19.3 Å². The number of nitrogens with zero attached hydrogens (tertiary/aromatic N) is 4. The Balaban J connectivity index is 1.45. The lowest BCUT2D eigenvalue weighted by Crippen LogP contribution is -2.41. The Morgan fingerprint density at radius 3 is 2.79 bits per heavy atom. The van der Waals surface area contributed by atoms with Crippen molar-refractivity contribution in [2.45, 2.75) is 24.7 Å². The number of hydrogen-bond acceptors (Lipinski definition) is 8. The molecule has 0 saturated carbocycles. The molecule has 0 radical (unpaired) electrons. The highest BCUT2D eigenvalue weighted by atomic mass is 35.5. The standard InChI is InChI=1S/C22H20ClFN6O3/c1-22(32)10(4-17(18(22)31)30-3-2-12-19(25)27-9-28-21(12)30)8-33-11-5-15(24)13-7-14(23)20(26)29-16(13)6-11/h2-7,9,17-18,31-32H,8H2,1H3,(H2,26,29)(H2,25,27,28)/t17-,18+,22-/m1/s1. The van der Waals surface area contributed by atoms with E-state index >= 15 is 0 Å². The molecule has 33 heavy (non-hydrogen) atoms. The van der Waals surface area contributed by atoms with Crippen molar-refractivity contribution in [3.05, 3.63) is 59.3 Å². The third-order valence-corrected chi connectivity index (χ3v) is 6.32. The number of anilines is 2. The largest absolute Gasteiger partial charge is 0.489 e. The lowest BCUT2D eigenvalue weighted by molar-refractivity contribution is -0.0414. The summed E-state index contributed by atoms with van der Waals surface area (Å²) in [6.45, 7) is 1.40. The van der Waals surface area contributed by atoms with Crippen LogP contribution in [0.25, 0.3) is 21.9 Å². The van der Waals surface area contributed by atoms with Gasteiger partial charge in [-0.1, -0.05) is 17.7 Å². The Kier molecular flexibility index (Phi) is 4.89. The summed E-state index contributed by atoms with van der Waals surface area (Å²) in [6.07, 6.45) is 3.58. The summed E-state index contributed by atoms with van der Waals surface area (Å²) < 4.78 is 22.0. The molecule has 0 amide bonds. The second-order valence-electron chi connectivity index (χ2n) is 8.11. The lowest BCUT2D eigenvalue weighted by atomic mass is 9.95. The van der Waals surface area contributed by atoms with E-state index in [0.717, 1.165) is 0 Å². The molecule has 4 aromatic rings. The second-order valence-corrected chi connectivity index (χ2v) is 8.52. The van der Waals surface area contributed by atoms with Crippen molar-refractivity contribution >= 4 is 45.2 Å². The first-order valence-electron chi connectivity index (χ1n) is 10.0. The molecule has 170 valence electrons. The monoisotopic (exact) mass is 470 g/mol. The van der Waals surface area contributed by atoms with Gasteiger partial charge in [0.05, 0.1) is 22.0 Å². The Hall–Kier alpha value is -3.47. The Labute approximate surface area is 192 Å². The van der Waals surface area contributed by atoms with E-state index in [9.17, 15) is 14.6 Å². The average molecular weight is 471 g/mol. The van der Waals surface area contributed by atoms with Gasteiger partial charge in [-0.25, -0.2) is 19.3 Å². The van der Waals surface area contributed by atoms with E-state index in [1.165, 1.54) is 31.5 Å². The molecule has 1 aromatic carbocycles. The zero-order chi connectivity index (χ0) is 23.5. The fourth-order valence-corrected chi connectivity index (χ4v) is 4.24. The quantitative estimate of drug-likeness (QED) is 0.333. The number of nitrogen functional groups attached to an aromatic ring is 2. The Morgan fingerprint density at radius 2 is 2.00 bits per heavy atom. The van der Waals surface area contributed by atoms with Gasteiger partial charge >= 0.3 is 0 Å². The van der Waals surface area contributed by atoms with E-state index in [-0.39, 0.29) is 34.1 Å². The van der Waals surface area contributed by atoms with Gasteiger partial charge in [-0.05, 0) is 24.6 Å². The van der Waals surface area contributed by atoms with Gasteiger partial charge in [-0.3, -0.25) is 0 Å². The summed E-state index contributed by atoms with van der Waals surface area (Å²) in [6, 6.07) is 5.26. The van der Waals surface area contributed by atoms with Crippen LogP contribution in [0.15, 0.2) is 48.4 Å². The van der Waals surface area contributed by atoms with Crippen LogP contribution in [0.3, 0.4) is 0 Å². The van der Waals surface area contributed by atoms with Crippen molar-refractivity contribution in [1.29, 1.82) is 0 Å². The molecule has 1 aliphatic rings. The fraction of sp³-hybridized carbons (Fsp3) is 0.227. The van der Waals surface area contributed by atoms with E-state index in [0.29, 0.717) is 22.4 Å². The lowest BCUT2D eigenvalue weighted by Gasteiger charge is -2.28. The van der Waals surface area contributed by atoms with Crippen molar-refractivity contribution in [3.8, 4) is 5.75 Å². The van der Waals surface area contributed by atoms with Crippen molar-refractivity contribution in [2.24, 2.45) is 0 Å². The van der Waals surface area contributed by atoms with Crippen molar-refractivity contribution in [2.75, 3.05) is 18.1 Å². The number of hydrogen-bond donors (Lipinski definition) is 4. The van der Waals surface area contributed by atoms with E-state index < -0.39 is 23.6 Å². The molecule has 3 aromatic heterocycles. The fourth-order valence-electron chi connectivity index (χ4n) is 4.09. The predicted octanol–water partition coefficient (Wildman–Crippen LogP) is 2.61. The number of benzene rings is 1. The summed E-state index contributed by atoms with van der Waals surface area (Å²) in [5.74, 6) is 0.0183. The van der Waals surface area contributed by atoms with E-state index in [1.54, 1.807) is 22.9 Å². The molecule has 0 spiro atoms. The minimum Gasteiger partial charge on any atom is -0.489 e. The van der Waals surface area contributed by atoms with Crippen molar-refractivity contribution in [3.63, 3.8) is 0 Å². The summed E-state index contributed by atoms with van der Waals surface area (Å²) in [5, 5.41) is 22.9. The third-order valence-electron chi connectivity index (χ3n) is 6.01. The van der Waals surface area contributed by atoms with Crippen LogP contribution in [-0.4, -0.2) is 48.0 Å². The van der Waals surface area contributed by atoms with Gasteiger partial charge in [0, 0.05) is 23.7 Å². The van der Waals surface area contributed by atoms with Gasteiger partial charge in [-0.15, -0.1) is 0 Å². The molecule has 1 aliphatic carbocycles. The third kappa shape index (κ3) is 3.43. The SMILES string of the molecule is C[C@@]1(O)C(COc2cc(F)c3cc(Cl)c(N)nc3c2)=C[C@@H](n2ccc3c(N)ncnc32)[C@@H]1O. The minimum absolute atomic E-state index is 0.0801. The molecule has 3 atom stereocenters. The van der Waals surface area contributed by atoms with Crippen LogP contribution >= 0.6 is 11.6 Å². The summed E-state index contributed by atoms with van der Waals surface area (Å²) in [5.41, 5.74) is 11.3. The van der Waals surface area contributed by atoms with Crippen LogP contribution in [0.5, 0.6) is 5.75 Å². The van der Waals surface area contributed by atoms with Gasteiger partial charge in [0.1, 0.15) is 53.5 Å². The molecular formula is C22H20ClFN6O3. The second kappa shape index (κ2) is 7.55. The molecule has 0 aliphatic heterocycles. The van der Waals surface area contributed by atoms with E-state index in [1.807, 2.05) is 0 Å². The van der Waals surface area contributed by atoms with Gasteiger partial charge in [-0.2, -0.15) is 0 Å². The molecule has 0 saturated heterocycles. The van der Waals surface area contributed by atoms with Gasteiger partial charge in [0.15, 0.2) is 0 Å². The van der Waals surface area contributed by atoms with Crippen LogP contribution in [-0.2, 0) is 0 Å².